The van der Waals surface area contributed by atoms with Crippen molar-refractivity contribution in [3.63, 3.8) is 0 Å². The van der Waals surface area contributed by atoms with Gasteiger partial charge in [-0.2, -0.15) is 0 Å². The number of anilines is 1. The predicted octanol–water partition coefficient (Wildman–Crippen LogP) is 6.66. The number of amides is 2. The number of benzene rings is 2. The van der Waals surface area contributed by atoms with Crippen LogP contribution in [0.15, 0.2) is 87.1 Å². The Hall–Kier alpha value is -4.18. The van der Waals surface area contributed by atoms with E-state index in [-0.39, 0.29) is 18.4 Å². The summed E-state index contributed by atoms with van der Waals surface area (Å²) in [7, 11) is 0. The monoisotopic (exact) mass is 863 g/mol. The molecular formula is C35H32Br3N9O3. The maximum absolute atomic E-state index is 12.2. The first-order chi connectivity index (χ1) is 24.3. The molecule has 256 valence electrons. The SMILES string of the molecule is O=C(NC1CC1)c1ccc(-c2cnc3c(Br)nc(Br)cn23)cc1.O=C(NC1CC1)c1ccc(-c2cnc3c(NCCCO)nc(Br)cn23)cc1. The van der Waals surface area contributed by atoms with Crippen LogP contribution >= 0.6 is 47.8 Å². The highest BCUT2D eigenvalue weighted by molar-refractivity contribution is 9.11. The van der Waals surface area contributed by atoms with Gasteiger partial charge in [-0.3, -0.25) is 18.4 Å². The lowest BCUT2D eigenvalue weighted by Gasteiger charge is -2.09. The van der Waals surface area contributed by atoms with E-state index in [1.54, 1.807) is 12.4 Å². The van der Waals surface area contributed by atoms with Crippen molar-refractivity contribution in [3.05, 3.63) is 98.3 Å². The number of halogens is 3. The van der Waals surface area contributed by atoms with E-state index in [0.717, 1.165) is 58.4 Å². The van der Waals surface area contributed by atoms with E-state index < -0.39 is 0 Å². The van der Waals surface area contributed by atoms with Gasteiger partial charge in [0.15, 0.2) is 21.7 Å². The average Bonchev–Trinajstić information content (AvgIpc) is 4.03. The van der Waals surface area contributed by atoms with E-state index in [0.29, 0.717) is 56.8 Å². The van der Waals surface area contributed by atoms with Gasteiger partial charge in [-0.15, -0.1) is 0 Å². The Kier molecular flexibility index (Phi) is 10.3. The zero-order valence-corrected chi connectivity index (χ0v) is 31.4. The summed E-state index contributed by atoms with van der Waals surface area (Å²) in [5.74, 6) is 0.626. The lowest BCUT2D eigenvalue weighted by molar-refractivity contribution is 0.0942. The van der Waals surface area contributed by atoms with Crippen molar-refractivity contribution in [2.45, 2.75) is 44.2 Å². The molecule has 2 aliphatic carbocycles. The first kappa shape index (κ1) is 34.3. The van der Waals surface area contributed by atoms with Crippen LogP contribution in [-0.2, 0) is 0 Å². The molecule has 2 aromatic carbocycles. The number of hydrogen-bond acceptors (Lipinski definition) is 8. The maximum Gasteiger partial charge on any atom is 0.251 e. The van der Waals surface area contributed by atoms with Crippen LogP contribution in [0.25, 0.3) is 33.8 Å². The van der Waals surface area contributed by atoms with Crippen LogP contribution < -0.4 is 16.0 Å². The summed E-state index contributed by atoms with van der Waals surface area (Å²) in [5, 5.41) is 18.2. The first-order valence-electron chi connectivity index (χ1n) is 16.2. The number of rotatable bonds is 10. The van der Waals surface area contributed by atoms with E-state index in [9.17, 15) is 9.59 Å². The molecule has 2 saturated carbocycles. The number of aliphatic hydroxyl groups excluding tert-OH is 1. The van der Waals surface area contributed by atoms with Crippen molar-refractivity contribution in [1.29, 1.82) is 0 Å². The zero-order valence-electron chi connectivity index (χ0n) is 26.6. The van der Waals surface area contributed by atoms with Gasteiger partial charge >= 0.3 is 0 Å². The van der Waals surface area contributed by atoms with E-state index in [1.165, 1.54) is 0 Å². The van der Waals surface area contributed by atoms with Gasteiger partial charge in [-0.25, -0.2) is 19.9 Å². The zero-order chi connectivity index (χ0) is 34.8. The number of nitrogens with one attached hydrogen (secondary N) is 3. The number of nitrogens with zero attached hydrogens (tertiary/aromatic N) is 6. The highest BCUT2D eigenvalue weighted by Gasteiger charge is 2.25. The van der Waals surface area contributed by atoms with Gasteiger partial charge in [0.1, 0.15) is 9.21 Å². The molecule has 50 heavy (non-hydrogen) atoms. The van der Waals surface area contributed by atoms with E-state index in [2.05, 4.69) is 83.7 Å². The first-order valence-corrected chi connectivity index (χ1v) is 18.6. The van der Waals surface area contributed by atoms with Gasteiger partial charge in [-0.05, 0) is 104 Å². The molecule has 2 fully saturated rings. The van der Waals surface area contributed by atoms with Gasteiger partial charge in [0.25, 0.3) is 11.8 Å². The molecule has 0 aliphatic heterocycles. The third-order valence-electron chi connectivity index (χ3n) is 8.22. The molecule has 0 atom stereocenters. The molecule has 0 spiro atoms. The molecule has 4 aromatic heterocycles. The quantitative estimate of drug-likeness (QED) is 0.112. The van der Waals surface area contributed by atoms with E-state index in [4.69, 9.17) is 5.11 Å². The minimum Gasteiger partial charge on any atom is -0.396 e. The number of aromatic nitrogens is 6. The minimum atomic E-state index is -0.0236. The topological polar surface area (TPSA) is 151 Å². The van der Waals surface area contributed by atoms with Gasteiger partial charge in [-0.1, -0.05) is 24.3 Å². The number of carbonyl (C=O) groups is 2. The van der Waals surface area contributed by atoms with Gasteiger partial charge in [0.05, 0.1) is 23.8 Å². The van der Waals surface area contributed by atoms with Crippen LogP contribution in [0, 0.1) is 0 Å². The summed E-state index contributed by atoms with van der Waals surface area (Å²) < 4.78 is 5.99. The molecule has 15 heteroatoms. The van der Waals surface area contributed by atoms with Gasteiger partial charge in [0.2, 0.25) is 0 Å². The Morgan fingerprint density at radius 3 is 1.70 bits per heavy atom. The van der Waals surface area contributed by atoms with Crippen LogP contribution in [0.1, 0.15) is 52.8 Å². The van der Waals surface area contributed by atoms with Crippen LogP contribution in [0.5, 0.6) is 0 Å². The van der Waals surface area contributed by atoms with Crippen molar-refractivity contribution in [2.75, 3.05) is 18.5 Å². The van der Waals surface area contributed by atoms with Gasteiger partial charge in [0, 0.05) is 59.9 Å². The van der Waals surface area contributed by atoms with Crippen LogP contribution in [0.4, 0.5) is 5.82 Å². The van der Waals surface area contributed by atoms with Crippen molar-refractivity contribution >= 4 is 76.7 Å². The fourth-order valence-electron chi connectivity index (χ4n) is 5.29. The summed E-state index contributed by atoms with van der Waals surface area (Å²) in [4.78, 5) is 41.8. The third kappa shape index (κ3) is 7.90. The molecule has 8 rings (SSSR count). The summed E-state index contributed by atoms with van der Waals surface area (Å²) in [6, 6.07) is 15.8. The molecule has 2 aliphatic rings. The molecule has 0 radical (unpaired) electrons. The van der Waals surface area contributed by atoms with E-state index in [1.807, 2.05) is 69.7 Å². The second kappa shape index (κ2) is 15.0. The summed E-state index contributed by atoms with van der Waals surface area (Å²) in [6.07, 6.45) is 12.3. The lowest BCUT2D eigenvalue weighted by atomic mass is 10.1. The second-order valence-electron chi connectivity index (χ2n) is 12.1. The minimum absolute atomic E-state index is 0.00752. The van der Waals surface area contributed by atoms with Crippen molar-refractivity contribution in [2.24, 2.45) is 0 Å². The normalized spacial score (nSPS) is 13.9. The molecule has 4 heterocycles. The van der Waals surface area contributed by atoms with E-state index >= 15 is 0 Å². The molecule has 6 aromatic rings. The third-order valence-corrected chi connectivity index (χ3v) is 9.52. The number of carbonyl (C=O) groups excluding carboxylic acids is 2. The Labute approximate surface area is 312 Å². The van der Waals surface area contributed by atoms with Crippen molar-refractivity contribution < 1.29 is 14.7 Å². The van der Waals surface area contributed by atoms with Crippen LogP contribution in [0.3, 0.4) is 0 Å². The molecular weight excluding hydrogens is 834 g/mol. The molecule has 2 amide bonds. The van der Waals surface area contributed by atoms with Gasteiger partial charge < -0.3 is 21.1 Å². The summed E-state index contributed by atoms with van der Waals surface area (Å²) >= 11 is 10.2. The smallest absolute Gasteiger partial charge is 0.251 e. The summed E-state index contributed by atoms with van der Waals surface area (Å²) in [5.41, 5.74) is 6.60. The van der Waals surface area contributed by atoms with Crippen molar-refractivity contribution in [3.8, 4) is 22.5 Å². The number of fused-ring (bicyclic) bond motifs is 2. The highest BCUT2D eigenvalue weighted by atomic mass is 79.9. The number of aliphatic hydroxyl groups is 1. The Morgan fingerprint density at radius 2 is 1.20 bits per heavy atom. The predicted molar refractivity (Wildman–Crippen MR) is 201 cm³/mol. The standard InChI is InChI=1S/C19H20BrN5O2.C16H12Br2N4O/c20-16-11-25-15(10-22-18(25)17(24-16)21-8-1-9-26)12-2-4-13(5-3-12)19(27)23-14-6-7-14;17-13-8-22-12(7-19-15(22)14(18)21-13)9-1-3-10(4-2-9)16(23)20-11-5-6-11/h2-5,10-11,14,26H,1,6-9H2,(H,21,24)(H,23,27);1-4,7-8,11H,5-6H2,(H,20,23). The lowest BCUT2D eigenvalue weighted by Crippen LogP contribution is -2.25. The molecule has 0 bridgehead atoms. The Balaban J connectivity index is 0.000000159. The fraction of sp³-hybridized carbons (Fsp3) is 0.257. The Bertz CT molecular complexity index is 2180. The largest absolute Gasteiger partial charge is 0.396 e. The van der Waals surface area contributed by atoms with Crippen LogP contribution in [-0.4, -0.2) is 70.9 Å². The molecule has 4 N–H and O–H groups in total. The fourth-order valence-corrected chi connectivity index (χ4v) is 6.78. The number of hydrogen-bond donors (Lipinski definition) is 4. The van der Waals surface area contributed by atoms with Crippen LogP contribution in [0.2, 0.25) is 0 Å². The summed E-state index contributed by atoms with van der Waals surface area (Å²) in [6.45, 7) is 0.736. The molecule has 0 unspecified atom stereocenters. The second-order valence-corrected chi connectivity index (χ2v) is 14.5. The molecule has 12 nitrogen and oxygen atoms in total. The molecule has 0 saturated heterocycles. The Morgan fingerprint density at radius 1 is 0.720 bits per heavy atom. The number of imidazole rings is 2. The maximum atomic E-state index is 12.2. The highest BCUT2D eigenvalue weighted by Crippen LogP contribution is 2.28. The van der Waals surface area contributed by atoms with Crippen molar-refractivity contribution in [1.82, 2.24) is 39.4 Å². The average molecular weight is 866 g/mol.